The van der Waals surface area contributed by atoms with Crippen molar-refractivity contribution < 1.29 is 0 Å². The number of aromatic nitrogens is 2. The molecule has 0 fully saturated rings. The number of nitrogens with zero attached hydrogens (tertiary/aromatic N) is 2. The fraction of sp³-hybridized carbons (Fsp3) is 0.478. The molecule has 148 valence electrons. The van der Waals surface area contributed by atoms with Crippen molar-refractivity contribution in [3.8, 4) is 5.69 Å². The minimum Gasteiger partial charge on any atom is -0.268 e. The van der Waals surface area contributed by atoms with Gasteiger partial charge in [-0.2, -0.15) is 0 Å². The monoisotopic (exact) mass is 412 g/mol. The van der Waals surface area contributed by atoms with Crippen LogP contribution in [0, 0.1) is 6.92 Å². The maximum atomic E-state index is 13.7. The summed E-state index contributed by atoms with van der Waals surface area (Å²) in [4.78, 5) is 21.0. The second kappa shape index (κ2) is 8.42. The van der Waals surface area contributed by atoms with E-state index in [1.807, 2.05) is 16.7 Å². The number of thiophene rings is 1. The summed E-state index contributed by atoms with van der Waals surface area (Å²) in [7, 11) is 0. The highest BCUT2D eigenvalue weighted by molar-refractivity contribution is 7.99. The summed E-state index contributed by atoms with van der Waals surface area (Å²) in [5.41, 5.74) is 3.50. The van der Waals surface area contributed by atoms with Crippen molar-refractivity contribution in [3.63, 3.8) is 0 Å². The lowest BCUT2D eigenvalue weighted by Crippen LogP contribution is -2.22. The van der Waals surface area contributed by atoms with Crippen LogP contribution in [0.3, 0.4) is 0 Å². The maximum absolute atomic E-state index is 13.7. The molecule has 1 aromatic carbocycles. The van der Waals surface area contributed by atoms with Gasteiger partial charge >= 0.3 is 0 Å². The van der Waals surface area contributed by atoms with Crippen LogP contribution in [-0.4, -0.2) is 15.3 Å². The average Bonchev–Trinajstić information content (AvgIpc) is 3.06. The third-order valence-electron chi connectivity index (χ3n) is 5.61. The van der Waals surface area contributed by atoms with Crippen LogP contribution in [0.4, 0.5) is 0 Å². The number of aryl methyl sites for hydroxylation is 2. The first-order valence-corrected chi connectivity index (χ1v) is 12.2. The van der Waals surface area contributed by atoms with Crippen LogP contribution < -0.4 is 5.56 Å². The number of hydrogen-bond acceptors (Lipinski definition) is 4. The van der Waals surface area contributed by atoms with Gasteiger partial charge in [0.1, 0.15) is 4.83 Å². The Balaban J connectivity index is 1.89. The van der Waals surface area contributed by atoms with Crippen molar-refractivity contribution >= 4 is 33.3 Å². The second-order valence-corrected chi connectivity index (χ2v) is 9.98. The Labute approximate surface area is 175 Å². The topological polar surface area (TPSA) is 34.9 Å². The lowest BCUT2D eigenvalue weighted by molar-refractivity contribution is 0.601. The molecule has 4 rings (SSSR count). The van der Waals surface area contributed by atoms with Crippen molar-refractivity contribution in [1.82, 2.24) is 9.55 Å². The standard InChI is InChI=1S/C23H28N2OS2/c1-4-5-6-14-27-23-24-21-20(19-16(3)8-7-9-18(19)28-21)22(26)25(23)17-12-10-15(2)11-13-17/h10-13,16H,4-9,14H2,1-3H3. The molecule has 0 saturated carbocycles. The zero-order valence-electron chi connectivity index (χ0n) is 17.0. The number of unbranched alkanes of at least 4 members (excludes halogenated alkanes) is 2. The van der Waals surface area contributed by atoms with E-state index in [2.05, 4.69) is 32.9 Å². The van der Waals surface area contributed by atoms with Crippen molar-refractivity contribution in [1.29, 1.82) is 0 Å². The van der Waals surface area contributed by atoms with E-state index in [9.17, 15) is 4.79 Å². The van der Waals surface area contributed by atoms with Crippen LogP contribution in [0.2, 0.25) is 0 Å². The summed E-state index contributed by atoms with van der Waals surface area (Å²) in [6.07, 6.45) is 7.04. The third kappa shape index (κ3) is 3.67. The first kappa shape index (κ1) is 19.7. The van der Waals surface area contributed by atoms with E-state index < -0.39 is 0 Å². The Kier molecular flexibility index (Phi) is 5.93. The number of hydrogen-bond donors (Lipinski definition) is 0. The molecule has 28 heavy (non-hydrogen) atoms. The van der Waals surface area contributed by atoms with Crippen molar-refractivity contribution in [2.75, 3.05) is 5.75 Å². The molecule has 1 atom stereocenters. The Morgan fingerprint density at radius 3 is 2.79 bits per heavy atom. The largest absolute Gasteiger partial charge is 0.268 e. The highest BCUT2D eigenvalue weighted by Gasteiger charge is 2.26. The maximum Gasteiger partial charge on any atom is 0.267 e. The fourth-order valence-electron chi connectivity index (χ4n) is 4.05. The predicted octanol–water partition coefficient (Wildman–Crippen LogP) is 6.48. The smallest absolute Gasteiger partial charge is 0.267 e. The summed E-state index contributed by atoms with van der Waals surface area (Å²) in [5.74, 6) is 1.45. The molecule has 3 nitrogen and oxygen atoms in total. The van der Waals surface area contributed by atoms with Gasteiger partial charge in [0.15, 0.2) is 5.16 Å². The van der Waals surface area contributed by atoms with Crippen LogP contribution in [0.15, 0.2) is 34.2 Å². The van der Waals surface area contributed by atoms with E-state index in [4.69, 9.17) is 4.98 Å². The fourth-order valence-corrected chi connectivity index (χ4v) is 6.44. The summed E-state index contributed by atoms with van der Waals surface area (Å²) in [5, 5.41) is 1.70. The molecule has 0 bridgehead atoms. The van der Waals surface area contributed by atoms with Crippen molar-refractivity contribution in [2.45, 2.75) is 70.4 Å². The first-order valence-electron chi connectivity index (χ1n) is 10.4. The molecule has 1 unspecified atom stereocenters. The lowest BCUT2D eigenvalue weighted by Gasteiger charge is -2.19. The Morgan fingerprint density at radius 2 is 2.04 bits per heavy atom. The number of fused-ring (bicyclic) bond motifs is 3. The zero-order valence-corrected chi connectivity index (χ0v) is 18.6. The van der Waals surface area contributed by atoms with Crippen LogP contribution in [0.1, 0.15) is 67.9 Å². The Hall–Kier alpha value is -1.59. The van der Waals surface area contributed by atoms with Gasteiger partial charge in [-0.15, -0.1) is 11.3 Å². The van der Waals surface area contributed by atoms with E-state index in [-0.39, 0.29) is 5.56 Å². The highest BCUT2D eigenvalue weighted by atomic mass is 32.2. The van der Waals surface area contributed by atoms with E-state index >= 15 is 0 Å². The van der Waals surface area contributed by atoms with E-state index in [1.165, 1.54) is 35.3 Å². The number of thioether (sulfide) groups is 1. The molecule has 1 aliphatic carbocycles. The van der Waals surface area contributed by atoms with Crippen LogP contribution in [-0.2, 0) is 6.42 Å². The van der Waals surface area contributed by atoms with E-state index in [1.54, 1.807) is 23.1 Å². The van der Waals surface area contributed by atoms with Crippen molar-refractivity contribution in [3.05, 3.63) is 50.6 Å². The predicted molar refractivity (Wildman–Crippen MR) is 122 cm³/mol. The minimum atomic E-state index is 0.109. The Bertz CT molecular complexity index is 1030. The van der Waals surface area contributed by atoms with Gasteiger partial charge in [0.05, 0.1) is 11.1 Å². The van der Waals surface area contributed by atoms with Crippen LogP contribution in [0.5, 0.6) is 0 Å². The zero-order chi connectivity index (χ0) is 19.7. The molecule has 0 aliphatic heterocycles. The van der Waals surface area contributed by atoms with Crippen molar-refractivity contribution in [2.24, 2.45) is 0 Å². The van der Waals surface area contributed by atoms with Gasteiger partial charge in [0, 0.05) is 10.6 Å². The van der Waals surface area contributed by atoms with Gasteiger partial charge in [0.25, 0.3) is 5.56 Å². The number of rotatable bonds is 6. The highest BCUT2D eigenvalue weighted by Crippen LogP contribution is 2.41. The summed E-state index contributed by atoms with van der Waals surface area (Å²) in [6, 6.07) is 8.23. The van der Waals surface area contributed by atoms with Gasteiger partial charge in [-0.1, -0.05) is 56.1 Å². The normalized spacial score (nSPS) is 16.5. The SMILES string of the molecule is CCCCCSc1nc2sc3c(c2c(=O)n1-c1ccc(C)cc1)C(C)CCC3. The lowest BCUT2D eigenvalue weighted by atomic mass is 9.88. The van der Waals surface area contributed by atoms with Crippen LogP contribution >= 0.6 is 23.1 Å². The molecule has 0 amide bonds. The summed E-state index contributed by atoms with van der Waals surface area (Å²) < 4.78 is 1.85. The number of benzene rings is 1. The molecule has 0 saturated heterocycles. The molecule has 0 N–H and O–H groups in total. The Morgan fingerprint density at radius 1 is 1.25 bits per heavy atom. The molecular weight excluding hydrogens is 384 g/mol. The van der Waals surface area contributed by atoms with Gasteiger partial charge in [-0.25, -0.2) is 4.98 Å². The van der Waals surface area contributed by atoms with E-state index in [0.29, 0.717) is 5.92 Å². The summed E-state index contributed by atoms with van der Waals surface area (Å²) >= 11 is 3.46. The van der Waals surface area contributed by atoms with Gasteiger partial charge in [0.2, 0.25) is 0 Å². The quantitative estimate of drug-likeness (QED) is 0.264. The molecule has 2 aromatic heterocycles. The van der Waals surface area contributed by atoms with Gasteiger partial charge in [-0.05, 0) is 56.2 Å². The molecule has 0 spiro atoms. The molecule has 2 heterocycles. The molecule has 0 radical (unpaired) electrons. The van der Waals surface area contributed by atoms with Gasteiger partial charge < -0.3 is 0 Å². The van der Waals surface area contributed by atoms with Gasteiger partial charge in [-0.3, -0.25) is 9.36 Å². The summed E-state index contributed by atoms with van der Waals surface area (Å²) in [6.45, 7) is 6.55. The molecule has 5 heteroatoms. The second-order valence-electron chi connectivity index (χ2n) is 7.84. The van der Waals surface area contributed by atoms with E-state index in [0.717, 1.165) is 46.1 Å². The van der Waals surface area contributed by atoms with Crippen LogP contribution in [0.25, 0.3) is 15.9 Å². The molecule has 3 aromatic rings. The average molecular weight is 413 g/mol. The molecular formula is C23H28N2OS2. The molecule has 1 aliphatic rings. The third-order valence-corrected chi connectivity index (χ3v) is 7.80. The first-order chi connectivity index (χ1) is 13.6. The minimum absolute atomic E-state index is 0.109.